The molecule has 8 nitrogen and oxygen atoms in total. The molecule has 11 atom stereocenters. The van der Waals surface area contributed by atoms with Crippen LogP contribution in [-0.2, 0) is 14.9 Å². The number of hydrogen-bond donors (Lipinski definition) is 4. The molecule has 36 heavy (non-hydrogen) atoms. The molecule has 0 aromatic carbocycles. The third-order valence-electron chi connectivity index (χ3n) is 10.8. The van der Waals surface area contributed by atoms with Crippen molar-refractivity contribution < 1.29 is 62.6 Å². The Hall–Kier alpha value is 0.260. The first-order valence-corrected chi connectivity index (χ1v) is 15.1. The number of rotatable bonds is 7. The maximum Gasteiger partial charge on any atom is 1.00 e. The minimum atomic E-state index is -4.35. The average Bonchev–Trinajstić information content (AvgIpc) is 3.06. The van der Waals surface area contributed by atoms with Gasteiger partial charge >= 0.3 is 29.6 Å². The van der Waals surface area contributed by atoms with Crippen molar-refractivity contribution in [1.29, 1.82) is 0 Å². The predicted molar refractivity (Wildman–Crippen MR) is 130 cm³/mol. The van der Waals surface area contributed by atoms with Gasteiger partial charge in [0.1, 0.15) is 0 Å². The van der Waals surface area contributed by atoms with E-state index in [2.05, 4.69) is 19.2 Å². The largest absolute Gasteiger partial charge is 1.00 e. The van der Waals surface area contributed by atoms with Gasteiger partial charge in [0.15, 0.2) is 0 Å². The molecule has 4 rings (SSSR count). The number of aliphatic hydroxyl groups is 3. The Kier molecular flexibility index (Phi) is 9.75. The monoisotopic (exact) mass is 537 g/mol. The summed E-state index contributed by atoms with van der Waals surface area (Å²) in [4.78, 5) is 12.3. The van der Waals surface area contributed by atoms with Crippen LogP contribution in [0.4, 0.5) is 0 Å². The minimum Gasteiger partial charge on any atom is -0.748 e. The molecule has 4 aliphatic carbocycles. The van der Waals surface area contributed by atoms with E-state index in [-0.39, 0.29) is 95.0 Å². The van der Waals surface area contributed by atoms with E-state index in [1.807, 2.05) is 6.92 Å². The quantitative estimate of drug-likeness (QED) is 0.241. The fourth-order valence-electron chi connectivity index (χ4n) is 8.95. The van der Waals surface area contributed by atoms with Gasteiger partial charge in [0.25, 0.3) is 0 Å². The van der Waals surface area contributed by atoms with Gasteiger partial charge in [0, 0.05) is 13.0 Å². The molecule has 0 aliphatic heterocycles. The molecule has 1 amide bonds. The molecule has 4 saturated carbocycles. The van der Waals surface area contributed by atoms with Gasteiger partial charge < -0.3 is 25.2 Å². The van der Waals surface area contributed by atoms with Crippen LogP contribution >= 0.6 is 0 Å². The van der Waals surface area contributed by atoms with Crippen molar-refractivity contribution in [2.75, 3.05) is 12.3 Å². The van der Waals surface area contributed by atoms with Gasteiger partial charge in [-0.2, -0.15) is 0 Å². The van der Waals surface area contributed by atoms with Crippen LogP contribution in [0.1, 0.15) is 78.6 Å². The molecular formula is C26H44NNaO7S. The van der Waals surface area contributed by atoms with Crippen LogP contribution in [0.15, 0.2) is 0 Å². The van der Waals surface area contributed by atoms with Crippen molar-refractivity contribution in [2.24, 2.45) is 46.3 Å². The molecule has 0 unspecified atom stereocenters. The van der Waals surface area contributed by atoms with E-state index in [0.29, 0.717) is 12.3 Å². The first kappa shape index (κ1) is 30.8. The molecule has 0 aromatic rings. The van der Waals surface area contributed by atoms with E-state index >= 15 is 0 Å². The molecular weight excluding hydrogens is 493 g/mol. The van der Waals surface area contributed by atoms with Crippen LogP contribution in [-0.4, -0.2) is 64.8 Å². The number of carbonyl (C=O) groups is 1. The van der Waals surface area contributed by atoms with Crippen LogP contribution in [0.25, 0.3) is 0 Å². The van der Waals surface area contributed by atoms with Crippen LogP contribution in [0.2, 0.25) is 0 Å². The van der Waals surface area contributed by atoms with Crippen LogP contribution in [0.3, 0.4) is 0 Å². The maximum absolute atomic E-state index is 12.3. The first-order chi connectivity index (χ1) is 16.3. The van der Waals surface area contributed by atoms with Gasteiger partial charge in [-0.3, -0.25) is 4.79 Å². The zero-order chi connectivity index (χ0) is 25.8. The standard InChI is InChI=1S/C26H45NO7S.Na/c1-15(11-23(31)27-8-9-35(32,33)34)10-16-4-5-19-24-20(14-22(30)26(16,19)3)25(2)7-6-18(28)12-17(25)13-21(24)29;/h15-22,24,28-30H,4-14H2,1-3H3,(H,27,31)(H,32,33,34);/q;+1/p-1/t15-,16-,17+,18-,19+,20+,21-,22+,24+,25+,26-;/m1./s1. The molecule has 0 spiro atoms. The van der Waals surface area contributed by atoms with Crippen LogP contribution in [0, 0.1) is 46.3 Å². The second-order valence-corrected chi connectivity index (χ2v) is 14.3. The maximum atomic E-state index is 12.3. The summed E-state index contributed by atoms with van der Waals surface area (Å²) in [5, 5.41) is 35.7. The van der Waals surface area contributed by atoms with Crippen molar-refractivity contribution in [2.45, 2.75) is 96.9 Å². The fourth-order valence-corrected chi connectivity index (χ4v) is 9.31. The summed E-state index contributed by atoms with van der Waals surface area (Å²) in [7, 11) is -4.35. The summed E-state index contributed by atoms with van der Waals surface area (Å²) in [6.07, 6.45) is 5.75. The Morgan fingerprint density at radius 2 is 1.78 bits per heavy atom. The Morgan fingerprint density at radius 3 is 2.44 bits per heavy atom. The molecule has 0 aromatic heterocycles. The Morgan fingerprint density at radius 1 is 1.08 bits per heavy atom. The third kappa shape index (κ3) is 5.88. The smallest absolute Gasteiger partial charge is 0.748 e. The number of carbonyl (C=O) groups excluding carboxylic acids is 1. The molecule has 0 bridgehead atoms. The third-order valence-corrected chi connectivity index (χ3v) is 11.6. The van der Waals surface area contributed by atoms with Gasteiger partial charge in [-0.05, 0) is 97.7 Å². The van der Waals surface area contributed by atoms with E-state index in [1.165, 1.54) is 0 Å². The van der Waals surface area contributed by atoms with Crippen molar-refractivity contribution in [3.05, 3.63) is 0 Å². The normalized spacial score (nSPS) is 45.0. The molecule has 4 N–H and O–H groups in total. The molecule has 0 heterocycles. The molecule has 4 fully saturated rings. The first-order valence-electron chi connectivity index (χ1n) is 13.5. The predicted octanol–water partition coefficient (Wildman–Crippen LogP) is -0.970. The molecule has 0 saturated heterocycles. The molecule has 4 aliphatic rings. The Labute approximate surface area is 238 Å². The minimum absolute atomic E-state index is 0. The molecule has 0 radical (unpaired) electrons. The summed E-state index contributed by atoms with van der Waals surface area (Å²) in [5.41, 5.74) is -0.257. The number of aliphatic hydroxyl groups excluding tert-OH is 3. The number of hydrogen-bond acceptors (Lipinski definition) is 7. The van der Waals surface area contributed by atoms with Crippen molar-refractivity contribution in [3.63, 3.8) is 0 Å². The van der Waals surface area contributed by atoms with Gasteiger partial charge in [-0.15, -0.1) is 0 Å². The second-order valence-electron chi connectivity index (χ2n) is 12.8. The fraction of sp³-hybridized carbons (Fsp3) is 0.962. The average molecular weight is 538 g/mol. The summed E-state index contributed by atoms with van der Waals surface area (Å²) < 4.78 is 32.2. The SMILES string of the molecule is C[C@@H](CC(=O)NCCS(=O)(=O)[O-])C[C@H]1CC[C@H]2[C@@H]3[C@H](O)C[C@@H]4C[C@H](O)CC[C@]4(C)[C@H]3C[C@H](O)[C@]12C.[Na+]. The van der Waals surface area contributed by atoms with E-state index in [9.17, 15) is 33.1 Å². The van der Waals surface area contributed by atoms with E-state index < -0.39 is 28.1 Å². The zero-order valence-corrected chi connectivity index (χ0v) is 25.2. The molecule has 10 heteroatoms. The molecule has 202 valence electrons. The van der Waals surface area contributed by atoms with E-state index in [0.717, 1.165) is 44.9 Å². The van der Waals surface area contributed by atoms with E-state index in [4.69, 9.17) is 0 Å². The summed E-state index contributed by atoms with van der Waals surface area (Å²) in [6, 6.07) is 0. The van der Waals surface area contributed by atoms with Gasteiger partial charge in [0.2, 0.25) is 5.91 Å². The van der Waals surface area contributed by atoms with Crippen LogP contribution < -0.4 is 34.9 Å². The Balaban J connectivity index is 0.00000361. The Bertz CT molecular complexity index is 903. The summed E-state index contributed by atoms with van der Waals surface area (Å²) in [5.74, 6) is 0.405. The van der Waals surface area contributed by atoms with Crippen molar-refractivity contribution in [3.8, 4) is 0 Å². The van der Waals surface area contributed by atoms with Gasteiger partial charge in [0.05, 0.1) is 34.2 Å². The van der Waals surface area contributed by atoms with Gasteiger partial charge in [-0.1, -0.05) is 20.8 Å². The topological polar surface area (TPSA) is 147 Å². The number of amides is 1. The second kappa shape index (κ2) is 11.4. The van der Waals surface area contributed by atoms with Crippen LogP contribution in [0.5, 0.6) is 0 Å². The summed E-state index contributed by atoms with van der Waals surface area (Å²) in [6.45, 7) is 6.35. The zero-order valence-electron chi connectivity index (χ0n) is 22.4. The van der Waals surface area contributed by atoms with Crippen molar-refractivity contribution >= 4 is 16.0 Å². The van der Waals surface area contributed by atoms with Crippen molar-refractivity contribution in [1.82, 2.24) is 5.32 Å². The van der Waals surface area contributed by atoms with E-state index in [1.54, 1.807) is 0 Å². The summed E-state index contributed by atoms with van der Waals surface area (Å²) >= 11 is 0. The van der Waals surface area contributed by atoms with Gasteiger partial charge in [-0.25, -0.2) is 8.42 Å². The number of nitrogens with one attached hydrogen (secondary N) is 1. The number of fused-ring (bicyclic) bond motifs is 5.